The van der Waals surface area contributed by atoms with E-state index in [1.807, 2.05) is 13.8 Å². The third kappa shape index (κ3) is 1.20. The van der Waals surface area contributed by atoms with Crippen molar-refractivity contribution in [3.8, 4) is 0 Å². The van der Waals surface area contributed by atoms with E-state index in [1.165, 1.54) is 0 Å². The Morgan fingerprint density at radius 1 is 1.64 bits per heavy atom. The van der Waals surface area contributed by atoms with Gasteiger partial charge < -0.3 is 5.32 Å². The fourth-order valence-corrected chi connectivity index (χ4v) is 0.956. The Balaban J connectivity index is 2.81. The van der Waals surface area contributed by atoms with Gasteiger partial charge in [0.25, 0.3) is 5.91 Å². The van der Waals surface area contributed by atoms with Crippen LogP contribution in [-0.4, -0.2) is 24.5 Å². The smallest absolute Gasteiger partial charge is 0.252 e. The largest absolute Gasteiger partial charge is 0.342 e. The molecule has 0 radical (unpaired) electrons. The normalized spacial score (nSPS) is 33.7. The molecule has 1 aliphatic heterocycles. The van der Waals surface area contributed by atoms with Crippen molar-refractivity contribution in [1.82, 2.24) is 10.6 Å². The number of hydrogen-bond acceptors (Lipinski definition) is 2. The van der Waals surface area contributed by atoms with Gasteiger partial charge in [0.05, 0.1) is 0 Å². The summed E-state index contributed by atoms with van der Waals surface area (Å²) in [4.78, 5) is 15.1. The van der Waals surface area contributed by atoms with E-state index in [0.29, 0.717) is 5.96 Å². The highest BCUT2D eigenvalue weighted by Crippen LogP contribution is 2.12. The maximum Gasteiger partial charge on any atom is 0.252 e. The molecule has 0 aromatic rings. The Kier molecular flexibility index (Phi) is 1.85. The molecule has 1 unspecified atom stereocenters. The topological polar surface area (TPSA) is 53.5 Å². The van der Waals surface area contributed by atoms with Gasteiger partial charge in [0.2, 0.25) is 0 Å². The fraction of sp³-hybridized carbons (Fsp3) is 0.714. The molecule has 0 spiro atoms. The second-order valence-corrected chi connectivity index (χ2v) is 2.84. The molecule has 1 atom stereocenters. The Morgan fingerprint density at radius 2 is 2.27 bits per heavy atom. The van der Waals surface area contributed by atoms with E-state index >= 15 is 0 Å². The van der Waals surface area contributed by atoms with Gasteiger partial charge in [-0.3, -0.25) is 15.1 Å². The van der Waals surface area contributed by atoms with Gasteiger partial charge in [-0.25, -0.2) is 0 Å². The van der Waals surface area contributed by atoms with Crippen LogP contribution in [0, 0.1) is 0 Å². The van der Waals surface area contributed by atoms with E-state index < -0.39 is 5.54 Å². The van der Waals surface area contributed by atoms with E-state index in [0.717, 1.165) is 6.42 Å². The number of nitrogens with zero attached hydrogens (tertiary/aromatic N) is 1. The number of guanidine groups is 1. The SMILES string of the molecule is CCC1(C)NC(=NC)NC1=O. The molecule has 0 aromatic heterocycles. The third-order valence-corrected chi connectivity index (χ3v) is 2.06. The molecule has 4 nitrogen and oxygen atoms in total. The summed E-state index contributed by atoms with van der Waals surface area (Å²) in [6.45, 7) is 3.83. The summed E-state index contributed by atoms with van der Waals surface area (Å²) < 4.78 is 0. The van der Waals surface area contributed by atoms with Crippen LogP contribution in [0.3, 0.4) is 0 Å². The van der Waals surface area contributed by atoms with Crippen LogP contribution in [0.15, 0.2) is 4.99 Å². The highest BCUT2D eigenvalue weighted by Gasteiger charge is 2.38. The van der Waals surface area contributed by atoms with Crippen molar-refractivity contribution >= 4 is 11.9 Å². The molecule has 0 aliphatic carbocycles. The lowest BCUT2D eigenvalue weighted by molar-refractivity contribution is -0.123. The van der Waals surface area contributed by atoms with E-state index in [1.54, 1.807) is 7.05 Å². The number of amides is 1. The molecule has 1 saturated heterocycles. The van der Waals surface area contributed by atoms with E-state index in [2.05, 4.69) is 15.6 Å². The van der Waals surface area contributed by atoms with Gasteiger partial charge in [-0.1, -0.05) is 6.92 Å². The van der Waals surface area contributed by atoms with Crippen LogP contribution in [0.1, 0.15) is 20.3 Å². The summed E-state index contributed by atoms with van der Waals surface area (Å²) in [5.41, 5.74) is -0.463. The van der Waals surface area contributed by atoms with Gasteiger partial charge >= 0.3 is 0 Å². The fourth-order valence-electron chi connectivity index (χ4n) is 0.956. The molecular weight excluding hydrogens is 142 g/mol. The Morgan fingerprint density at radius 3 is 2.55 bits per heavy atom. The van der Waals surface area contributed by atoms with Gasteiger partial charge in [0, 0.05) is 7.05 Å². The first-order chi connectivity index (χ1) is 5.12. The highest BCUT2D eigenvalue weighted by molar-refractivity contribution is 6.08. The van der Waals surface area contributed by atoms with E-state index in [-0.39, 0.29) is 5.91 Å². The molecule has 1 rings (SSSR count). The van der Waals surface area contributed by atoms with Crippen LogP contribution in [0.4, 0.5) is 0 Å². The maximum absolute atomic E-state index is 11.2. The summed E-state index contributed by atoms with van der Waals surface area (Å²) in [7, 11) is 1.64. The monoisotopic (exact) mass is 155 g/mol. The number of carbonyl (C=O) groups is 1. The van der Waals surface area contributed by atoms with Crippen molar-refractivity contribution in [2.45, 2.75) is 25.8 Å². The van der Waals surface area contributed by atoms with Gasteiger partial charge in [-0.15, -0.1) is 0 Å². The number of rotatable bonds is 1. The summed E-state index contributed by atoms with van der Waals surface area (Å²) in [5, 5.41) is 5.65. The molecular formula is C7H13N3O. The Labute approximate surface area is 66.1 Å². The van der Waals surface area contributed by atoms with Gasteiger partial charge in [0.1, 0.15) is 5.54 Å². The molecule has 1 heterocycles. The first-order valence-electron chi connectivity index (χ1n) is 3.69. The van der Waals surface area contributed by atoms with Gasteiger partial charge in [0.15, 0.2) is 5.96 Å². The van der Waals surface area contributed by atoms with Crippen molar-refractivity contribution in [1.29, 1.82) is 0 Å². The lowest BCUT2D eigenvalue weighted by Crippen LogP contribution is -2.42. The average molecular weight is 155 g/mol. The molecule has 0 aromatic carbocycles. The zero-order valence-corrected chi connectivity index (χ0v) is 7.06. The van der Waals surface area contributed by atoms with E-state index in [4.69, 9.17) is 0 Å². The predicted molar refractivity (Wildman–Crippen MR) is 43.3 cm³/mol. The molecule has 1 aliphatic rings. The minimum absolute atomic E-state index is 0.000556. The molecule has 1 fully saturated rings. The zero-order valence-electron chi connectivity index (χ0n) is 7.06. The molecule has 4 heteroatoms. The summed E-state index contributed by atoms with van der Waals surface area (Å²) in [6.07, 6.45) is 0.762. The molecule has 0 saturated carbocycles. The van der Waals surface area contributed by atoms with Gasteiger partial charge in [-0.2, -0.15) is 0 Å². The molecule has 11 heavy (non-hydrogen) atoms. The number of hydrogen-bond donors (Lipinski definition) is 2. The van der Waals surface area contributed by atoms with Gasteiger partial charge in [-0.05, 0) is 13.3 Å². The molecule has 1 amide bonds. The van der Waals surface area contributed by atoms with Crippen molar-refractivity contribution in [3.63, 3.8) is 0 Å². The van der Waals surface area contributed by atoms with Crippen LogP contribution in [0.5, 0.6) is 0 Å². The molecule has 0 bridgehead atoms. The number of aliphatic imine (C=N–C) groups is 1. The first kappa shape index (κ1) is 8.04. The third-order valence-electron chi connectivity index (χ3n) is 2.06. The maximum atomic E-state index is 11.2. The lowest BCUT2D eigenvalue weighted by atomic mass is 10.0. The van der Waals surface area contributed by atoms with E-state index in [9.17, 15) is 4.79 Å². The zero-order chi connectivity index (χ0) is 8.48. The lowest BCUT2D eigenvalue weighted by Gasteiger charge is -2.17. The van der Waals surface area contributed by atoms with Crippen molar-refractivity contribution < 1.29 is 4.79 Å². The Hall–Kier alpha value is -1.06. The number of carbonyl (C=O) groups excluding carboxylic acids is 1. The van der Waals surface area contributed by atoms with Crippen LogP contribution < -0.4 is 10.6 Å². The van der Waals surface area contributed by atoms with Crippen LogP contribution >= 0.6 is 0 Å². The first-order valence-corrected chi connectivity index (χ1v) is 3.69. The Bertz CT molecular complexity index is 212. The molecule has 62 valence electrons. The second kappa shape index (κ2) is 2.53. The minimum atomic E-state index is -0.463. The quantitative estimate of drug-likeness (QED) is 0.553. The van der Waals surface area contributed by atoms with Crippen molar-refractivity contribution in [2.75, 3.05) is 7.05 Å². The van der Waals surface area contributed by atoms with Crippen LogP contribution in [-0.2, 0) is 4.79 Å². The predicted octanol–water partition coefficient (Wildman–Crippen LogP) is -0.140. The van der Waals surface area contributed by atoms with Crippen LogP contribution in [0.2, 0.25) is 0 Å². The summed E-state index contributed by atoms with van der Waals surface area (Å²) in [5.74, 6) is 0.569. The standard InChI is InChI=1S/C7H13N3O/c1-4-7(2)5(11)9-6(8-3)10-7/h4H2,1-3H3,(H2,8,9,10,11). The average Bonchev–Trinajstić information content (AvgIpc) is 2.29. The van der Waals surface area contributed by atoms with Crippen molar-refractivity contribution in [3.05, 3.63) is 0 Å². The molecule has 2 N–H and O–H groups in total. The van der Waals surface area contributed by atoms with Crippen molar-refractivity contribution in [2.24, 2.45) is 4.99 Å². The highest BCUT2D eigenvalue weighted by atomic mass is 16.2. The summed E-state index contributed by atoms with van der Waals surface area (Å²) in [6, 6.07) is 0. The second-order valence-electron chi connectivity index (χ2n) is 2.84. The van der Waals surface area contributed by atoms with Crippen LogP contribution in [0.25, 0.3) is 0 Å². The minimum Gasteiger partial charge on any atom is -0.342 e. The number of nitrogens with one attached hydrogen (secondary N) is 2. The summed E-state index contributed by atoms with van der Waals surface area (Å²) >= 11 is 0.